The standard InChI is InChI=1S/C23H24N4O3/c1-3-12-27-14-17(13-20(27)28)22(29)24-19-7-5-4-6-18(19)23-25-21(26-30-23)16-10-8-15(2)9-11-16/h4-11,17H,3,12-14H2,1-2H3,(H,24,29)/t17-/m0/s1. The summed E-state index contributed by atoms with van der Waals surface area (Å²) in [6.07, 6.45) is 1.12. The van der Waals surface area contributed by atoms with E-state index in [9.17, 15) is 9.59 Å². The Bertz CT molecular complexity index is 1060. The van der Waals surface area contributed by atoms with E-state index in [0.717, 1.165) is 17.5 Å². The highest BCUT2D eigenvalue weighted by atomic mass is 16.5. The van der Waals surface area contributed by atoms with Crippen LogP contribution in [0.25, 0.3) is 22.8 Å². The summed E-state index contributed by atoms with van der Waals surface area (Å²) in [4.78, 5) is 31.1. The number of hydrogen-bond donors (Lipinski definition) is 1. The summed E-state index contributed by atoms with van der Waals surface area (Å²) in [6.45, 7) is 5.18. The van der Waals surface area contributed by atoms with Gasteiger partial charge < -0.3 is 14.7 Å². The van der Waals surface area contributed by atoms with E-state index in [0.29, 0.717) is 36.1 Å². The fraction of sp³-hybridized carbons (Fsp3) is 0.304. The quantitative estimate of drug-likeness (QED) is 0.673. The molecule has 0 saturated carbocycles. The number of likely N-dealkylation sites (tertiary alicyclic amines) is 1. The molecule has 7 nitrogen and oxygen atoms in total. The van der Waals surface area contributed by atoms with Gasteiger partial charge in [-0.3, -0.25) is 9.59 Å². The molecule has 2 heterocycles. The first kappa shape index (κ1) is 19.8. The Balaban J connectivity index is 1.53. The second-order valence-corrected chi connectivity index (χ2v) is 7.56. The molecule has 3 aromatic rings. The summed E-state index contributed by atoms with van der Waals surface area (Å²) in [7, 11) is 0. The van der Waals surface area contributed by atoms with Gasteiger partial charge in [-0.2, -0.15) is 4.98 Å². The molecule has 1 saturated heterocycles. The minimum atomic E-state index is -0.358. The average molecular weight is 404 g/mol. The Morgan fingerprint density at radius 3 is 2.73 bits per heavy atom. The average Bonchev–Trinajstić information content (AvgIpc) is 3.37. The van der Waals surface area contributed by atoms with Crippen LogP contribution in [0, 0.1) is 12.8 Å². The number of anilines is 1. The van der Waals surface area contributed by atoms with E-state index in [1.54, 1.807) is 11.0 Å². The van der Waals surface area contributed by atoms with Gasteiger partial charge in [-0.15, -0.1) is 0 Å². The first-order chi connectivity index (χ1) is 14.5. The number of hydrogen-bond acceptors (Lipinski definition) is 5. The van der Waals surface area contributed by atoms with Crippen LogP contribution in [0.5, 0.6) is 0 Å². The zero-order valence-electron chi connectivity index (χ0n) is 17.1. The van der Waals surface area contributed by atoms with Crippen molar-refractivity contribution in [2.75, 3.05) is 18.4 Å². The molecule has 4 rings (SSSR count). The molecule has 2 amide bonds. The number of nitrogens with one attached hydrogen (secondary N) is 1. The van der Waals surface area contributed by atoms with E-state index < -0.39 is 0 Å². The Morgan fingerprint density at radius 2 is 1.97 bits per heavy atom. The van der Waals surface area contributed by atoms with Gasteiger partial charge in [0.25, 0.3) is 5.89 Å². The maximum atomic E-state index is 12.8. The molecule has 30 heavy (non-hydrogen) atoms. The number of rotatable bonds is 6. The predicted octanol–water partition coefficient (Wildman–Crippen LogP) is 3.91. The molecular weight excluding hydrogens is 380 g/mol. The van der Waals surface area contributed by atoms with Gasteiger partial charge in [0, 0.05) is 25.1 Å². The van der Waals surface area contributed by atoms with Crippen molar-refractivity contribution in [2.24, 2.45) is 5.92 Å². The fourth-order valence-electron chi connectivity index (χ4n) is 3.60. The van der Waals surface area contributed by atoms with Gasteiger partial charge >= 0.3 is 0 Å². The molecule has 0 unspecified atom stereocenters. The number of amides is 2. The molecule has 0 radical (unpaired) electrons. The Kier molecular flexibility index (Phi) is 5.61. The third-order valence-electron chi connectivity index (χ3n) is 5.23. The monoisotopic (exact) mass is 404 g/mol. The van der Waals surface area contributed by atoms with Crippen LogP contribution in [0.4, 0.5) is 5.69 Å². The van der Waals surface area contributed by atoms with Gasteiger partial charge in [0.2, 0.25) is 17.6 Å². The summed E-state index contributed by atoms with van der Waals surface area (Å²) >= 11 is 0. The lowest BCUT2D eigenvalue weighted by Crippen LogP contribution is -2.28. The molecule has 0 spiro atoms. The highest BCUT2D eigenvalue weighted by Crippen LogP contribution is 2.29. The minimum absolute atomic E-state index is 0.0323. The number of benzene rings is 2. The number of carbonyl (C=O) groups is 2. The molecule has 2 aromatic carbocycles. The van der Waals surface area contributed by atoms with Crippen molar-refractivity contribution < 1.29 is 14.1 Å². The van der Waals surface area contributed by atoms with Gasteiger partial charge in [-0.1, -0.05) is 54.0 Å². The van der Waals surface area contributed by atoms with Gasteiger partial charge in [0.05, 0.1) is 17.2 Å². The van der Waals surface area contributed by atoms with Crippen molar-refractivity contribution in [3.8, 4) is 22.8 Å². The first-order valence-corrected chi connectivity index (χ1v) is 10.1. The number of para-hydroxylation sites is 1. The molecule has 1 aliphatic rings. The molecule has 1 aliphatic heterocycles. The maximum Gasteiger partial charge on any atom is 0.260 e. The molecule has 0 bridgehead atoms. The molecule has 1 N–H and O–H groups in total. The number of aryl methyl sites for hydroxylation is 1. The fourth-order valence-corrected chi connectivity index (χ4v) is 3.60. The van der Waals surface area contributed by atoms with Crippen LogP contribution in [0.15, 0.2) is 53.1 Å². The smallest absolute Gasteiger partial charge is 0.260 e. The topological polar surface area (TPSA) is 88.3 Å². The van der Waals surface area contributed by atoms with Crippen LogP contribution >= 0.6 is 0 Å². The van der Waals surface area contributed by atoms with Crippen molar-refractivity contribution in [1.82, 2.24) is 15.0 Å². The summed E-state index contributed by atoms with van der Waals surface area (Å²) in [6, 6.07) is 15.2. The van der Waals surface area contributed by atoms with E-state index in [4.69, 9.17) is 4.52 Å². The highest BCUT2D eigenvalue weighted by molar-refractivity contribution is 5.99. The van der Waals surface area contributed by atoms with E-state index >= 15 is 0 Å². The summed E-state index contributed by atoms with van der Waals surface area (Å²) in [5.74, 6) is 0.319. The number of aromatic nitrogens is 2. The lowest BCUT2D eigenvalue weighted by molar-refractivity contribution is -0.128. The van der Waals surface area contributed by atoms with Gasteiger partial charge in [0.1, 0.15) is 0 Å². The van der Waals surface area contributed by atoms with Crippen LogP contribution in [-0.4, -0.2) is 39.9 Å². The van der Waals surface area contributed by atoms with Crippen LogP contribution in [-0.2, 0) is 9.59 Å². The summed E-state index contributed by atoms with van der Waals surface area (Å²) in [5, 5.41) is 7.03. The number of carbonyl (C=O) groups excluding carboxylic acids is 2. The van der Waals surface area contributed by atoms with E-state index in [1.807, 2.05) is 56.3 Å². The zero-order chi connectivity index (χ0) is 21.1. The molecule has 1 aromatic heterocycles. The largest absolute Gasteiger partial charge is 0.342 e. The van der Waals surface area contributed by atoms with E-state index in [2.05, 4.69) is 15.5 Å². The van der Waals surface area contributed by atoms with E-state index in [-0.39, 0.29) is 24.2 Å². The minimum Gasteiger partial charge on any atom is -0.342 e. The van der Waals surface area contributed by atoms with E-state index in [1.165, 1.54) is 0 Å². The van der Waals surface area contributed by atoms with Crippen molar-refractivity contribution in [3.05, 3.63) is 54.1 Å². The van der Waals surface area contributed by atoms with Crippen molar-refractivity contribution in [2.45, 2.75) is 26.7 Å². The third kappa shape index (κ3) is 4.10. The van der Waals surface area contributed by atoms with Crippen molar-refractivity contribution >= 4 is 17.5 Å². The molecule has 7 heteroatoms. The third-order valence-corrected chi connectivity index (χ3v) is 5.23. The van der Waals surface area contributed by atoms with Crippen LogP contribution < -0.4 is 5.32 Å². The normalized spacial score (nSPS) is 16.1. The lowest BCUT2D eigenvalue weighted by Gasteiger charge is -2.15. The second-order valence-electron chi connectivity index (χ2n) is 7.56. The lowest BCUT2D eigenvalue weighted by atomic mass is 10.1. The van der Waals surface area contributed by atoms with Crippen molar-refractivity contribution in [3.63, 3.8) is 0 Å². The Morgan fingerprint density at radius 1 is 1.20 bits per heavy atom. The van der Waals surface area contributed by atoms with Crippen molar-refractivity contribution in [1.29, 1.82) is 0 Å². The van der Waals surface area contributed by atoms with Gasteiger partial charge in [0.15, 0.2) is 0 Å². The van der Waals surface area contributed by atoms with Crippen LogP contribution in [0.2, 0.25) is 0 Å². The Labute approximate surface area is 175 Å². The second kappa shape index (κ2) is 8.49. The summed E-state index contributed by atoms with van der Waals surface area (Å²) in [5.41, 5.74) is 3.24. The van der Waals surface area contributed by atoms with Crippen LogP contribution in [0.3, 0.4) is 0 Å². The van der Waals surface area contributed by atoms with Gasteiger partial charge in [-0.25, -0.2) is 0 Å². The SMILES string of the molecule is CCCN1C[C@@H](C(=O)Nc2ccccc2-c2nc(-c3ccc(C)cc3)no2)CC1=O. The molecular formula is C23H24N4O3. The molecule has 0 aliphatic carbocycles. The van der Waals surface area contributed by atoms with Gasteiger partial charge in [-0.05, 0) is 25.5 Å². The molecule has 154 valence electrons. The maximum absolute atomic E-state index is 12.8. The Hall–Kier alpha value is -3.48. The summed E-state index contributed by atoms with van der Waals surface area (Å²) < 4.78 is 5.47. The van der Waals surface area contributed by atoms with Crippen LogP contribution in [0.1, 0.15) is 25.3 Å². The first-order valence-electron chi connectivity index (χ1n) is 10.1. The highest BCUT2D eigenvalue weighted by Gasteiger charge is 2.34. The number of nitrogens with zero attached hydrogens (tertiary/aromatic N) is 3. The molecule has 1 atom stereocenters. The zero-order valence-corrected chi connectivity index (χ0v) is 17.1. The molecule has 1 fully saturated rings. The predicted molar refractivity (Wildman–Crippen MR) is 114 cm³/mol.